The first-order chi connectivity index (χ1) is 23.7. The zero-order chi connectivity index (χ0) is 34.5. The van der Waals surface area contributed by atoms with E-state index in [0.29, 0.717) is 62.6 Å². The highest BCUT2D eigenvalue weighted by molar-refractivity contribution is 7.17. The van der Waals surface area contributed by atoms with E-state index in [1.54, 1.807) is 19.1 Å². The summed E-state index contributed by atoms with van der Waals surface area (Å²) in [5, 5.41) is 28.6. The molecule has 13 heteroatoms. The van der Waals surface area contributed by atoms with Gasteiger partial charge in [-0.25, -0.2) is 9.78 Å². The third-order valence-corrected chi connectivity index (χ3v) is 9.54. The van der Waals surface area contributed by atoms with Gasteiger partial charge >= 0.3 is 5.97 Å². The minimum atomic E-state index is -0.486. The summed E-state index contributed by atoms with van der Waals surface area (Å²) in [6, 6.07) is 23.8. The van der Waals surface area contributed by atoms with Crippen molar-refractivity contribution in [1.82, 2.24) is 35.8 Å². The molecule has 1 aliphatic rings. The zero-order valence-electron chi connectivity index (χ0n) is 27.5. The molecular weight excluding hydrogens is 660 g/mol. The van der Waals surface area contributed by atoms with Gasteiger partial charge in [-0.3, -0.25) is 0 Å². The Morgan fingerprint density at radius 1 is 1.10 bits per heavy atom. The number of benzene rings is 3. The van der Waals surface area contributed by atoms with E-state index in [4.69, 9.17) is 21.1 Å². The van der Waals surface area contributed by atoms with Gasteiger partial charge < -0.3 is 19.7 Å². The van der Waals surface area contributed by atoms with Crippen molar-refractivity contribution in [3.63, 3.8) is 0 Å². The van der Waals surface area contributed by atoms with Crippen LogP contribution < -0.4 is 10.1 Å². The van der Waals surface area contributed by atoms with E-state index in [2.05, 4.69) is 73.1 Å². The number of hydrogen-bond acceptors (Lipinski definition) is 11. The van der Waals surface area contributed by atoms with Gasteiger partial charge in [-0.15, -0.1) is 21.5 Å². The summed E-state index contributed by atoms with van der Waals surface area (Å²) >= 11 is 7.91. The second-order valence-corrected chi connectivity index (χ2v) is 13.3. The normalized spacial score (nSPS) is 14.2. The number of H-pyrrole nitrogens is 1. The largest absolute Gasteiger partial charge is 0.492 e. The van der Waals surface area contributed by atoms with Crippen molar-refractivity contribution in [2.24, 2.45) is 5.92 Å². The fourth-order valence-corrected chi connectivity index (χ4v) is 6.78. The number of halogens is 1. The highest BCUT2D eigenvalue weighted by Crippen LogP contribution is 2.34. The summed E-state index contributed by atoms with van der Waals surface area (Å²) in [7, 11) is 0. The second-order valence-electron chi connectivity index (χ2n) is 12.0. The maximum atomic E-state index is 13.4. The first-order valence-electron chi connectivity index (χ1n) is 15.9. The number of nitrogens with one attached hydrogen (secondary N) is 2. The van der Waals surface area contributed by atoms with Crippen molar-refractivity contribution in [1.29, 1.82) is 5.26 Å². The van der Waals surface area contributed by atoms with Gasteiger partial charge in [-0.1, -0.05) is 80.9 Å². The molecule has 0 spiro atoms. The molecule has 6 rings (SSSR count). The molecule has 3 aromatic carbocycles. The van der Waals surface area contributed by atoms with Gasteiger partial charge in [0.05, 0.1) is 29.7 Å². The van der Waals surface area contributed by atoms with Crippen molar-refractivity contribution in [2.45, 2.75) is 46.8 Å². The van der Waals surface area contributed by atoms with E-state index < -0.39 is 5.97 Å². The summed E-state index contributed by atoms with van der Waals surface area (Å²) in [6.45, 7) is 9.01. The quantitative estimate of drug-likeness (QED) is 0.101. The monoisotopic (exact) mass is 694 g/mol. The van der Waals surface area contributed by atoms with Gasteiger partial charge in [-0.05, 0) is 59.4 Å². The summed E-state index contributed by atoms with van der Waals surface area (Å²) in [5.74, 6) is 0.907. The van der Waals surface area contributed by atoms with E-state index in [9.17, 15) is 10.1 Å². The fraction of sp³-hybridized carbons (Fsp3) is 0.278. The average Bonchev–Trinajstić information content (AvgIpc) is 3.86. The van der Waals surface area contributed by atoms with Crippen LogP contribution in [0.2, 0.25) is 0 Å². The molecule has 0 bridgehead atoms. The number of aromatic nitrogens is 5. The number of ether oxygens (including phenoxy) is 2. The van der Waals surface area contributed by atoms with Gasteiger partial charge in [0.15, 0.2) is 0 Å². The Hall–Kier alpha value is -5.25. The second kappa shape index (κ2) is 14.9. The number of carbonyl (C=O) groups is 1. The van der Waals surface area contributed by atoms with Gasteiger partial charge in [0, 0.05) is 17.7 Å². The Morgan fingerprint density at radius 2 is 1.86 bits per heavy atom. The molecule has 250 valence electrons. The lowest BCUT2D eigenvalue weighted by Gasteiger charge is -2.28. The van der Waals surface area contributed by atoms with Crippen LogP contribution in [-0.2, 0) is 11.3 Å². The highest BCUT2D eigenvalue weighted by Gasteiger charge is 2.31. The molecule has 0 radical (unpaired) electrons. The summed E-state index contributed by atoms with van der Waals surface area (Å²) in [4.78, 5) is 20.5. The molecule has 5 aromatic rings. The predicted molar refractivity (Wildman–Crippen MR) is 188 cm³/mol. The van der Waals surface area contributed by atoms with Crippen LogP contribution in [0, 0.1) is 24.2 Å². The minimum absolute atomic E-state index is 0.00946. The van der Waals surface area contributed by atoms with Gasteiger partial charge in [-0.2, -0.15) is 10.5 Å². The highest BCUT2D eigenvalue weighted by atomic mass is 35.5. The van der Waals surface area contributed by atoms with Crippen molar-refractivity contribution in [3.8, 4) is 44.9 Å². The number of thiazole rings is 1. The van der Waals surface area contributed by atoms with Crippen LogP contribution in [0.4, 0.5) is 0 Å². The lowest BCUT2D eigenvalue weighted by atomic mass is 9.98. The Kier molecular flexibility index (Phi) is 10.2. The Bertz CT molecular complexity index is 2020. The van der Waals surface area contributed by atoms with E-state index >= 15 is 0 Å². The van der Waals surface area contributed by atoms with Crippen LogP contribution in [0.15, 0.2) is 77.6 Å². The predicted octanol–water partition coefficient (Wildman–Crippen LogP) is 7.28. The lowest BCUT2D eigenvalue weighted by Crippen LogP contribution is -2.37. The van der Waals surface area contributed by atoms with E-state index in [1.165, 1.54) is 11.3 Å². The molecule has 2 aromatic heterocycles. The summed E-state index contributed by atoms with van der Waals surface area (Å²) < 4.78 is 11.6. The molecule has 1 atom stereocenters. The smallest absolute Gasteiger partial charge is 0.350 e. The molecule has 0 saturated carbocycles. The van der Waals surface area contributed by atoms with Gasteiger partial charge in [0.2, 0.25) is 5.82 Å². The molecule has 0 aliphatic carbocycles. The number of rotatable bonds is 12. The maximum absolute atomic E-state index is 13.4. The molecule has 1 aliphatic heterocycles. The van der Waals surface area contributed by atoms with Crippen molar-refractivity contribution >= 4 is 28.9 Å². The standard InChI is InChI=1S/C36H35ClN8O3S/c1-5-31-40-33(37)29(45(31)18-23-10-12-24(13-11-23)27-8-6-7-9-28(27)34-41-43-44-42-34)20-48-36(46)32-22(4)39-35(49-32)25-14-15-30(26(16-25)17-38)47-19-21(2)3/h6-16,21,31,40H,5,18-20H2,1-4H3,(H,41,42,43,44). The van der Waals surface area contributed by atoms with E-state index in [-0.39, 0.29) is 12.8 Å². The number of tetrazole rings is 1. The molecule has 0 fully saturated rings. The third kappa shape index (κ3) is 7.43. The van der Waals surface area contributed by atoms with E-state index in [0.717, 1.165) is 34.2 Å². The first kappa shape index (κ1) is 33.6. The third-order valence-electron chi connectivity index (χ3n) is 8.03. The summed E-state index contributed by atoms with van der Waals surface area (Å²) in [5.41, 5.74) is 6.38. The van der Waals surface area contributed by atoms with Crippen molar-refractivity contribution < 1.29 is 14.3 Å². The number of carbonyl (C=O) groups excluding carboxylic acids is 1. The van der Waals surface area contributed by atoms with Crippen molar-refractivity contribution in [3.05, 3.63) is 99.3 Å². The van der Waals surface area contributed by atoms with Gasteiger partial charge in [0.25, 0.3) is 0 Å². The fourth-order valence-electron chi connectivity index (χ4n) is 5.53. The molecule has 1 unspecified atom stereocenters. The van der Waals surface area contributed by atoms with Crippen molar-refractivity contribution in [2.75, 3.05) is 13.2 Å². The molecule has 2 N–H and O–H groups in total. The lowest BCUT2D eigenvalue weighted by molar-refractivity contribution is 0.0510. The Labute approximate surface area is 293 Å². The number of aromatic amines is 1. The number of aryl methyl sites for hydroxylation is 1. The SMILES string of the molecule is CCC1NC(Cl)=C(COC(=O)c2sc(-c3ccc(OCC(C)C)c(C#N)c3)nc2C)N1Cc1ccc(-c2ccccc2-c2nn[nH]n2)cc1. The van der Waals surface area contributed by atoms with Crippen LogP contribution >= 0.6 is 22.9 Å². The molecule has 0 amide bonds. The maximum Gasteiger partial charge on any atom is 0.350 e. The van der Waals surface area contributed by atoms with Crippen LogP contribution in [-0.4, -0.2) is 55.9 Å². The molecule has 11 nitrogen and oxygen atoms in total. The Morgan fingerprint density at radius 3 is 2.55 bits per heavy atom. The minimum Gasteiger partial charge on any atom is -0.492 e. The number of esters is 1. The molecule has 0 saturated heterocycles. The van der Waals surface area contributed by atoms with E-state index in [1.807, 2.05) is 44.2 Å². The number of hydrogen-bond donors (Lipinski definition) is 2. The molecular formula is C36H35ClN8O3S. The van der Waals surface area contributed by atoms with Gasteiger partial charge in [0.1, 0.15) is 33.5 Å². The zero-order valence-corrected chi connectivity index (χ0v) is 29.1. The van der Waals surface area contributed by atoms with Crippen LogP contribution in [0.25, 0.3) is 33.1 Å². The average molecular weight is 695 g/mol. The molecule has 3 heterocycles. The first-order valence-corrected chi connectivity index (χ1v) is 17.1. The summed E-state index contributed by atoms with van der Waals surface area (Å²) in [6.07, 6.45) is 0.728. The van der Waals surface area contributed by atoms with Crippen LogP contribution in [0.5, 0.6) is 5.75 Å². The van der Waals surface area contributed by atoms with Crippen LogP contribution in [0.1, 0.15) is 53.7 Å². The Balaban J connectivity index is 1.14. The molecule has 49 heavy (non-hydrogen) atoms. The van der Waals surface area contributed by atoms with Crippen LogP contribution in [0.3, 0.4) is 0 Å². The number of nitrogens with zero attached hydrogens (tertiary/aromatic N) is 6. The topological polar surface area (TPSA) is 142 Å². The number of nitriles is 1.